The number of benzene rings is 1. The minimum atomic E-state index is 0.646. The van der Waals surface area contributed by atoms with Crippen LogP contribution in [0, 0.1) is 0 Å². The van der Waals surface area contributed by atoms with Crippen molar-refractivity contribution < 1.29 is 4.74 Å². The molecule has 0 aliphatic heterocycles. The third-order valence-corrected chi connectivity index (χ3v) is 3.21. The molecular formula is C16H16N2O. The molecule has 0 aliphatic carbocycles. The van der Waals surface area contributed by atoms with Gasteiger partial charge in [0, 0.05) is 37.6 Å². The molecule has 3 rings (SSSR count). The van der Waals surface area contributed by atoms with Gasteiger partial charge in [-0.15, -0.1) is 0 Å². The van der Waals surface area contributed by atoms with Gasteiger partial charge in [-0.2, -0.15) is 0 Å². The fraction of sp³-hybridized carbons (Fsp3) is 0.188. The molecule has 0 aliphatic rings. The highest BCUT2D eigenvalue weighted by Crippen LogP contribution is 2.21. The van der Waals surface area contributed by atoms with Crippen LogP contribution in [0.1, 0.15) is 5.69 Å². The van der Waals surface area contributed by atoms with E-state index in [4.69, 9.17) is 4.74 Å². The van der Waals surface area contributed by atoms with E-state index in [1.807, 2.05) is 37.5 Å². The Morgan fingerprint density at radius 3 is 2.95 bits per heavy atom. The van der Waals surface area contributed by atoms with E-state index in [-0.39, 0.29) is 0 Å². The topological polar surface area (TPSA) is 27.1 Å². The van der Waals surface area contributed by atoms with Gasteiger partial charge in [-0.3, -0.25) is 4.98 Å². The van der Waals surface area contributed by atoms with Crippen LogP contribution in [0.4, 0.5) is 0 Å². The van der Waals surface area contributed by atoms with E-state index in [2.05, 4.69) is 33.9 Å². The molecule has 19 heavy (non-hydrogen) atoms. The predicted molar refractivity (Wildman–Crippen MR) is 76.4 cm³/mol. The van der Waals surface area contributed by atoms with Gasteiger partial charge >= 0.3 is 0 Å². The van der Waals surface area contributed by atoms with Crippen molar-refractivity contribution in [2.24, 2.45) is 7.05 Å². The van der Waals surface area contributed by atoms with Gasteiger partial charge in [0.25, 0.3) is 0 Å². The number of hydrogen-bond acceptors (Lipinski definition) is 2. The highest BCUT2D eigenvalue weighted by atomic mass is 16.5. The Hall–Kier alpha value is -2.29. The number of aromatic nitrogens is 2. The van der Waals surface area contributed by atoms with Gasteiger partial charge in [0.05, 0.1) is 12.1 Å². The van der Waals surface area contributed by atoms with Crippen LogP contribution >= 0.6 is 0 Å². The summed E-state index contributed by atoms with van der Waals surface area (Å²) in [7, 11) is 2.04. The lowest BCUT2D eigenvalue weighted by Gasteiger charge is -2.06. The summed E-state index contributed by atoms with van der Waals surface area (Å²) in [5.41, 5.74) is 2.25. The quantitative estimate of drug-likeness (QED) is 0.713. The molecule has 3 aromatic rings. The van der Waals surface area contributed by atoms with Crippen molar-refractivity contribution in [2.75, 3.05) is 6.61 Å². The molecule has 3 nitrogen and oxygen atoms in total. The van der Waals surface area contributed by atoms with Crippen LogP contribution in [-0.2, 0) is 13.5 Å². The van der Waals surface area contributed by atoms with E-state index in [1.54, 1.807) is 0 Å². The van der Waals surface area contributed by atoms with Crippen molar-refractivity contribution in [3.8, 4) is 5.75 Å². The summed E-state index contributed by atoms with van der Waals surface area (Å²) in [6, 6.07) is 14.2. The maximum Gasteiger partial charge on any atom is 0.121 e. The Balaban J connectivity index is 1.67. The second kappa shape index (κ2) is 5.14. The molecule has 0 saturated carbocycles. The summed E-state index contributed by atoms with van der Waals surface area (Å²) >= 11 is 0. The van der Waals surface area contributed by atoms with Crippen LogP contribution in [0.15, 0.2) is 54.9 Å². The Labute approximate surface area is 112 Å². The summed E-state index contributed by atoms with van der Waals surface area (Å²) in [4.78, 5) is 4.28. The SMILES string of the molecule is Cn1ccc2ccc(OCCc3ccccn3)cc21. The van der Waals surface area contributed by atoms with Crippen LogP contribution in [0.3, 0.4) is 0 Å². The molecule has 0 bridgehead atoms. The normalized spacial score (nSPS) is 10.8. The lowest BCUT2D eigenvalue weighted by atomic mass is 10.2. The Morgan fingerprint density at radius 1 is 1.16 bits per heavy atom. The smallest absolute Gasteiger partial charge is 0.121 e. The standard InChI is InChI=1S/C16H16N2O/c1-18-10-7-13-5-6-15(12-16(13)18)19-11-8-14-4-2-3-9-17-14/h2-7,9-10,12H,8,11H2,1H3. The van der Waals surface area contributed by atoms with Crippen molar-refractivity contribution in [3.63, 3.8) is 0 Å². The highest BCUT2D eigenvalue weighted by Gasteiger charge is 2.01. The number of pyridine rings is 1. The summed E-state index contributed by atoms with van der Waals surface area (Å²) in [6.45, 7) is 0.646. The van der Waals surface area contributed by atoms with Gasteiger partial charge in [0.1, 0.15) is 5.75 Å². The lowest BCUT2D eigenvalue weighted by molar-refractivity contribution is 0.321. The summed E-state index contributed by atoms with van der Waals surface area (Å²) in [5, 5.41) is 1.24. The molecule has 3 heteroatoms. The molecule has 0 fully saturated rings. The molecule has 96 valence electrons. The first kappa shape index (κ1) is 11.8. The van der Waals surface area contributed by atoms with Crippen molar-refractivity contribution >= 4 is 10.9 Å². The summed E-state index contributed by atoms with van der Waals surface area (Å²) in [6.07, 6.45) is 4.69. The number of nitrogens with zero attached hydrogens (tertiary/aromatic N) is 2. The minimum Gasteiger partial charge on any atom is -0.493 e. The first-order chi connectivity index (χ1) is 9.33. The van der Waals surface area contributed by atoms with Gasteiger partial charge in [-0.05, 0) is 35.7 Å². The third-order valence-electron chi connectivity index (χ3n) is 3.21. The highest BCUT2D eigenvalue weighted by molar-refractivity contribution is 5.81. The van der Waals surface area contributed by atoms with Gasteiger partial charge in [0.15, 0.2) is 0 Å². The predicted octanol–water partition coefficient (Wildman–Crippen LogP) is 3.19. The molecule has 2 aromatic heterocycles. The summed E-state index contributed by atoms with van der Waals surface area (Å²) in [5.74, 6) is 0.908. The van der Waals surface area contributed by atoms with E-state index < -0.39 is 0 Å². The first-order valence-electron chi connectivity index (χ1n) is 6.41. The van der Waals surface area contributed by atoms with E-state index in [1.165, 1.54) is 10.9 Å². The van der Waals surface area contributed by atoms with Gasteiger partial charge in [-0.1, -0.05) is 6.07 Å². The molecule has 0 unspecified atom stereocenters. The zero-order valence-corrected chi connectivity index (χ0v) is 10.9. The largest absolute Gasteiger partial charge is 0.493 e. The molecule has 2 heterocycles. The number of rotatable bonds is 4. The lowest BCUT2D eigenvalue weighted by Crippen LogP contribution is -2.02. The average molecular weight is 252 g/mol. The van der Waals surface area contributed by atoms with E-state index in [9.17, 15) is 0 Å². The Bertz CT molecular complexity index is 674. The van der Waals surface area contributed by atoms with E-state index in [0.29, 0.717) is 6.61 Å². The molecule has 1 aromatic carbocycles. The van der Waals surface area contributed by atoms with Crippen molar-refractivity contribution in [1.82, 2.24) is 9.55 Å². The molecule has 0 radical (unpaired) electrons. The number of hydrogen-bond donors (Lipinski definition) is 0. The van der Waals surface area contributed by atoms with Crippen molar-refractivity contribution in [3.05, 3.63) is 60.6 Å². The monoisotopic (exact) mass is 252 g/mol. The third kappa shape index (κ3) is 2.60. The number of ether oxygens (including phenoxy) is 1. The zero-order valence-electron chi connectivity index (χ0n) is 10.9. The van der Waals surface area contributed by atoms with Crippen molar-refractivity contribution in [2.45, 2.75) is 6.42 Å². The number of fused-ring (bicyclic) bond motifs is 1. The maximum absolute atomic E-state index is 5.79. The fourth-order valence-corrected chi connectivity index (χ4v) is 2.15. The first-order valence-corrected chi connectivity index (χ1v) is 6.41. The maximum atomic E-state index is 5.79. The van der Waals surface area contributed by atoms with Crippen molar-refractivity contribution in [1.29, 1.82) is 0 Å². The molecule has 0 spiro atoms. The second-order valence-corrected chi connectivity index (χ2v) is 4.57. The van der Waals surface area contributed by atoms with Gasteiger partial charge in [0.2, 0.25) is 0 Å². The van der Waals surface area contributed by atoms with Gasteiger partial charge < -0.3 is 9.30 Å². The molecular weight excluding hydrogens is 236 g/mol. The molecule has 0 atom stereocenters. The summed E-state index contributed by atoms with van der Waals surface area (Å²) < 4.78 is 7.89. The Kier molecular flexibility index (Phi) is 3.19. The van der Waals surface area contributed by atoms with Crippen LogP contribution in [0.25, 0.3) is 10.9 Å². The fourth-order valence-electron chi connectivity index (χ4n) is 2.15. The second-order valence-electron chi connectivity index (χ2n) is 4.57. The Morgan fingerprint density at radius 2 is 2.11 bits per heavy atom. The van der Waals surface area contributed by atoms with Crippen LogP contribution in [0.2, 0.25) is 0 Å². The van der Waals surface area contributed by atoms with Gasteiger partial charge in [-0.25, -0.2) is 0 Å². The molecule has 0 saturated heterocycles. The van der Waals surface area contributed by atoms with Crippen LogP contribution in [0.5, 0.6) is 5.75 Å². The van der Waals surface area contributed by atoms with E-state index in [0.717, 1.165) is 17.9 Å². The molecule has 0 amide bonds. The van der Waals surface area contributed by atoms with Crippen LogP contribution < -0.4 is 4.74 Å². The van der Waals surface area contributed by atoms with E-state index >= 15 is 0 Å². The van der Waals surface area contributed by atoms with Crippen LogP contribution in [-0.4, -0.2) is 16.2 Å². The zero-order chi connectivity index (χ0) is 13.1. The number of aryl methyl sites for hydroxylation is 1. The average Bonchev–Trinajstić information content (AvgIpc) is 2.82. The molecule has 0 N–H and O–H groups in total. The minimum absolute atomic E-state index is 0.646.